The number of anilines is 1. The molecule has 0 bridgehead atoms. The quantitative estimate of drug-likeness (QED) is 0.445. The minimum Gasteiger partial charge on any atom is -0.369 e. The molecule has 30 heavy (non-hydrogen) atoms. The van der Waals surface area contributed by atoms with Gasteiger partial charge < -0.3 is 5.32 Å². The van der Waals surface area contributed by atoms with Gasteiger partial charge in [0, 0.05) is 23.7 Å². The van der Waals surface area contributed by atoms with Gasteiger partial charge in [-0.25, -0.2) is 9.97 Å². The average Bonchev–Trinajstić information content (AvgIpc) is 2.77. The number of hydrogen-bond acceptors (Lipinski definition) is 4. The number of fused-ring (bicyclic) bond motifs is 1. The molecular weight excluding hydrogens is 389 g/mol. The molecule has 0 saturated heterocycles. The van der Waals surface area contributed by atoms with E-state index in [1.54, 1.807) is 18.2 Å². The third-order valence-electron chi connectivity index (χ3n) is 4.97. The zero-order chi connectivity index (χ0) is 21.1. The number of benzene rings is 2. The maximum absolute atomic E-state index is 13.4. The van der Waals surface area contributed by atoms with Crippen molar-refractivity contribution in [2.75, 3.05) is 11.9 Å². The van der Waals surface area contributed by atoms with Crippen LogP contribution in [0.25, 0.3) is 22.2 Å². The number of halogens is 3. The van der Waals surface area contributed by atoms with Gasteiger partial charge in [0.2, 0.25) is 0 Å². The lowest BCUT2D eigenvalue weighted by Gasteiger charge is -2.15. The standard InChI is InChI=1S/C23H19F3N4/c1-15(16-6-3-2-4-7-16)13-28-22-18-10-9-17(12-20(18)29-14-30-22)21-19(23(24,25)26)8-5-11-27-21/h2-12,14-15H,13H2,1H3,(H,28,29,30). The van der Waals surface area contributed by atoms with Gasteiger partial charge in [0.15, 0.2) is 0 Å². The zero-order valence-electron chi connectivity index (χ0n) is 16.2. The molecule has 0 fully saturated rings. The van der Waals surface area contributed by atoms with E-state index in [0.29, 0.717) is 23.4 Å². The number of alkyl halides is 3. The molecule has 0 aliphatic carbocycles. The Kier molecular flexibility index (Phi) is 5.35. The summed E-state index contributed by atoms with van der Waals surface area (Å²) in [5.41, 5.74) is 1.24. The SMILES string of the molecule is CC(CNc1ncnc2cc(-c3ncccc3C(F)(F)F)ccc12)c1ccccc1. The predicted molar refractivity (Wildman–Crippen MR) is 111 cm³/mol. The first-order valence-corrected chi connectivity index (χ1v) is 9.49. The average molecular weight is 408 g/mol. The summed E-state index contributed by atoms with van der Waals surface area (Å²) in [6.45, 7) is 2.78. The summed E-state index contributed by atoms with van der Waals surface area (Å²) in [6, 6.07) is 17.4. The van der Waals surface area contributed by atoms with Gasteiger partial charge in [-0.05, 0) is 35.7 Å². The van der Waals surface area contributed by atoms with E-state index in [0.717, 1.165) is 11.5 Å². The molecule has 0 saturated carbocycles. The molecule has 4 aromatic rings. The Balaban J connectivity index is 1.64. The van der Waals surface area contributed by atoms with Crippen LogP contribution in [0.5, 0.6) is 0 Å². The van der Waals surface area contributed by atoms with Gasteiger partial charge in [-0.1, -0.05) is 43.3 Å². The first-order chi connectivity index (χ1) is 14.4. The maximum atomic E-state index is 13.4. The molecule has 152 valence electrons. The number of nitrogens with one attached hydrogen (secondary N) is 1. The first kappa shape index (κ1) is 19.8. The third kappa shape index (κ3) is 4.10. The van der Waals surface area contributed by atoms with Gasteiger partial charge in [-0.15, -0.1) is 0 Å². The predicted octanol–water partition coefficient (Wildman–Crippen LogP) is 5.93. The molecule has 1 atom stereocenters. The number of rotatable bonds is 5. The summed E-state index contributed by atoms with van der Waals surface area (Å²) in [5, 5.41) is 4.08. The van der Waals surface area contributed by atoms with Crippen molar-refractivity contribution in [3.8, 4) is 11.3 Å². The Morgan fingerprint density at radius 2 is 1.73 bits per heavy atom. The third-order valence-corrected chi connectivity index (χ3v) is 4.97. The van der Waals surface area contributed by atoms with Crippen LogP contribution in [0.2, 0.25) is 0 Å². The van der Waals surface area contributed by atoms with Crippen molar-refractivity contribution in [2.24, 2.45) is 0 Å². The van der Waals surface area contributed by atoms with Gasteiger partial charge in [0.05, 0.1) is 16.8 Å². The normalized spacial score (nSPS) is 12.7. The molecule has 0 spiro atoms. The lowest BCUT2D eigenvalue weighted by molar-refractivity contribution is -0.137. The minimum atomic E-state index is -4.48. The summed E-state index contributed by atoms with van der Waals surface area (Å²) in [5.74, 6) is 0.907. The van der Waals surface area contributed by atoms with Crippen molar-refractivity contribution >= 4 is 16.7 Å². The molecule has 0 radical (unpaired) electrons. The van der Waals surface area contributed by atoms with Crippen LogP contribution in [0.4, 0.5) is 19.0 Å². The highest BCUT2D eigenvalue weighted by Crippen LogP contribution is 2.36. The minimum absolute atomic E-state index is 0.113. The molecule has 0 aliphatic heterocycles. The lowest BCUT2D eigenvalue weighted by atomic mass is 10.0. The summed E-state index contributed by atoms with van der Waals surface area (Å²) >= 11 is 0. The Morgan fingerprint density at radius 1 is 0.933 bits per heavy atom. The van der Waals surface area contributed by atoms with Gasteiger partial charge in [-0.3, -0.25) is 4.98 Å². The Morgan fingerprint density at radius 3 is 2.50 bits per heavy atom. The molecule has 4 rings (SSSR count). The Labute approximate surface area is 171 Å². The van der Waals surface area contributed by atoms with Crippen LogP contribution in [0, 0.1) is 0 Å². The second-order valence-electron chi connectivity index (χ2n) is 7.04. The molecule has 1 N–H and O–H groups in total. The zero-order valence-corrected chi connectivity index (χ0v) is 16.2. The Hall–Kier alpha value is -3.48. The molecule has 4 nitrogen and oxygen atoms in total. The van der Waals surface area contributed by atoms with Gasteiger partial charge >= 0.3 is 6.18 Å². The van der Waals surface area contributed by atoms with Crippen molar-refractivity contribution < 1.29 is 13.2 Å². The van der Waals surface area contributed by atoms with E-state index in [9.17, 15) is 13.2 Å². The van der Waals surface area contributed by atoms with Crippen molar-refractivity contribution in [3.05, 3.63) is 84.3 Å². The van der Waals surface area contributed by atoms with Gasteiger partial charge in [-0.2, -0.15) is 13.2 Å². The summed E-state index contributed by atoms with van der Waals surface area (Å²) in [7, 11) is 0. The second-order valence-corrected chi connectivity index (χ2v) is 7.04. The van der Waals surface area contributed by atoms with E-state index in [1.165, 1.54) is 24.2 Å². The first-order valence-electron chi connectivity index (χ1n) is 9.49. The molecule has 2 aromatic heterocycles. The smallest absolute Gasteiger partial charge is 0.369 e. The maximum Gasteiger partial charge on any atom is 0.418 e. The molecule has 0 amide bonds. The number of hydrogen-bond donors (Lipinski definition) is 1. The summed E-state index contributed by atoms with van der Waals surface area (Å²) < 4.78 is 40.1. The monoisotopic (exact) mass is 408 g/mol. The van der Waals surface area contributed by atoms with E-state index in [4.69, 9.17) is 0 Å². The molecular formula is C23H19F3N4. The lowest BCUT2D eigenvalue weighted by Crippen LogP contribution is -2.11. The number of nitrogens with zero attached hydrogens (tertiary/aromatic N) is 3. The highest BCUT2D eigenvalue weighted by molar-refractivity contribution is 5.91. The topological polar surface area (TPSA) is 50.7 Å². The van der Waals surface area contributed by atoms with E-state index in [2.05, 4.69) is 39.3 Å². The fraction of sp³-hybridized carbons (Fsp3) is 0.174. The summed E-state index contributed by atoms with van der Waals surface area (Å²) in [6.07, 6.45) is -1.72. The van der Waals surface area contributed by atoms with Crippen molar-refractivity contribution in [1.82, 2.24) is 15.0 Å². The number of pyridine rings is 1. The largest absolute Gasteiger partial charge is 0.418 e. The van der Waals surface area contributed by atoms with Crippen LogP contribution in [0.1, 0.15) is 24.0 Å². The Bertz CT molecular complexity index is 1160. The highest BCUT2D eigenvalue weighted by atomic mass is 19.4. The molecule has 2 aromatic carbocycles. The van der Waals surface area contributed by atoms with Gasteiger partial charge in [0.1, 0.15) is 12.1 Å². The van der Waals surface area contributed by atoms with E-state index in [-0.39, 0.29) is 11.6 Å². The van der Waals surface area contributed by atoms with E-state index >= 15 is 0 Å². The van der Waals surface area contributed by atoms with Crippen LogP contribution >= 0.6 is 0 Å². The van der Waals surface area contributed by atoms with Crippen molar-refractivity contribution in [3.63, 3.8) is 0 Å². The molecule has 0 aliphatic rings. The van der Waals surface area contributed by atoms with Crippen LogP contribution in [0.3, 0.4) is 0 Å². The van der Waals surface area contributed by atoms with Crippen LogP contribution in [-0.4, -0.2) is 21.5 Å². The van der Waals surface area contributed by atoms with Crippen LogP contribution < -0.4 is 5.32 Å². The van der Waals surface area contributed by atoms with Crippen molar-refractivity contribution in [2.45, 2.75) is 19.0 Å². The number of aromatic nitrogens is 3. The molecule has 2 heterocycles. The fourth-order valence-electron chi connectivity index (χ4n) is 3.36. The molecule has 7 heteroatoms. The second kappa shape index (κ2) is 8.10. The van der Waals surface area contributed by atoms with Crippen LogP contribution in [0.15, 0.2) is 73.2 Å². The fourth-order valence-corrected chi connectivity index (χ4v) is 3.36. The van der Waals surface area contributed by atoms with Crippen LogP contribution in [-0.2, 0) is 6.18 Å². The van der Waals surface area contributed by atoms with Gasteiger partial charge in [0.25, 0.3) is 0 Å². The molecule has 1 unspecified atom stereocenters. The van der Waals surface area contributed by atoms with Crippen molar-refractivity contribution in [1.29, 1.82) is 0 Å². The van der Waals surface area contributed by atoms with E-state index in [1.807, 2.05) is 18.2 Å². The summed E-state index contributed by atoms with van der Waals surface area (Å²) in [4.78, 5) is 12.5. The highest BCUT2D eigenvalue weighted by Gasteiger charge is 2.34. The van der Waals surface area contributed by atoms with E-state index < -0.39 is 11.7 Å².